The number of benzene rings is 1. The second-order valence-corrected chi connectivity index (χ2v) is 5.08. The van der Waals surface area contributed by atoms with Gasteiger partial charge in [0.25, 0.3) is 0 Å². The van der Waals surface area contributed by atoms with Gasteiger partial charge in [-0.2, -0.15) is 0 Å². The Labute approximate surface area is 115 Å². The van der Waals surface area contributed by atoms with Crippen LogP contribution in [-0.4, -0.2) is 37.7 Å². The van der Waals surface area contributed by atoms with Crippen LogP contribution in [0.25, 0.3) is 0 Å². The molecule has 108 valence electrons. The van der Waals surface area contributed by atoms with Gasteiger partial charge < -0.3 is 10.5 Å². The molecule has 4 heteroatoms. The molecule has 0 fully saturated rings. The number of nitrogens with two attached hydrogens (primary N) is 1. The van der Waals surface area contributed by atoms with Crippen molar-refractivity contribution in [2.45, 2.75) is 32.9 Å². The Morgan fingerprint density at radius 1 is 1.37 bits per heavy atom. The second-order valence-electron chi connectivity index (χ2n) is 5.08. The summed E-state index contributed by atoms with van der Waals surface area (Å²) in [6.07, 6.45) is 0. The third kappa shape index (κ3) is 4.27. The SMILES string of the molecule is COCCN(C(C)C)C(CN)c1cc(F)ccc1C. The predicted octanol–water partition coefficient (Wildman–Crippen LogP) is 2.49. The van der Waals surface area contributed by atoms with Crippen molar-refractivity contribution in [3.63, 3.8) is 0 Å². The van der Waals surface area contributed by atoms with Crippen molar-refractivity contribution in [1.29, 1.82) is 0 Å². The quantitative estimate of drug-likeness (QED) is 0.825. The lowest BCUT2D eigenvalue weighted by Gasteiger charge is -2.35. The van der Waals surface area contributed by atoms with Crippen molar-refractivity contribution in [2.24, 2.45) is 5.73 Å². The zero-order valence-corrected chi connectivity index (χ0v) is 12.3. The van der Waals surface area contributed by atoms with Gasteiger partial charge in [0.1, 0.15) is 5.82 Å². The lowest BCUT2D eigenvalue weighted by atomic mass is 9.98. The number of aryl methyl sites for hydroxylation is 1. The summed E-state index contributed by atoms with van der Waals surface area (Å²) in [5.41, 5.74) is 7.96. The monoisotopic (exact) mass is 268 g/mol. The Balaban J connectivity index is 3.04. The van der Waals surface area contributed by atoms with Gasteiger partial charge in [-0.15, -0.1) is 0 Å². The van der Waals surface area contributed by atoms with E-state index in [0.717, 1.165) is 17.7 Å². The predicted molar refractivity (Wildman–Crippen MR) is 76.7 cm³/mol. The summed E-state index contributed by atoms with van der Waals surface area (Å²) in [6, 6.07) is 5.23. The first kappa shape index (κ1) is 16.1. The van der Waals surface area contributed by atoms with E-state index in [2.05, 4.69) is 18.7 Å². The molecule has 0 aliphatic carbocycles. The number of ether oxygens (including phenoxy) is 1. The highest BCUT2D eigenvalue weighted by Gasteiger charge is 2.23. The minimum absolute atomic E-state index is 0.0193. The fraction of sp³-hybridized carbons (Fsp3) is 0.600. The van der Waals surface area contributed by atoms with Crippen molar-refractivity contribution >= 4 is 0 Å². The third-order valence-electron chi connectivity index (χ3n) is 3.44. The number of hydrogen-bond acceptors (Lipinski definition) is 3. The summed E-state index contributed by atoms with van der Waals surface area (Å²) in [7, 11) is 1.68. The number of hydrogen-bond donors (Lipinski definition) is 1. The van der Waals surface area contributed by atoms with E-state index >= 15 is 0 Å². The zero-order valence-electron chi connectivity index (χ0n) is 12.3. The highest BCUT2D eigenvalue weighted by molar-refractivity contribution is 5.30. The van der Waals surface area contributed by atoms with Crippen molar-refractivity contribution < 1.29 is 9.13 Å². The van der Waals surface area contributed by atoms with Crippen LogP contribution in [0.4, 0.5) is 4.39 Å². The Kier molecular flexibility index (Phi) is 6.42. The van der Waals surface area contributed by atoms with Crippen LogP contribution < -0.4 is 5.73 Å². The van der Waals surface area contributed by atoms with E-state index in [1.54, 1.807) is 13.2 Å². The highest BCUT2D eigenvalue weighted by Crippen LogP contribution is 2.25. The summed E-state index contributed by atoms with van der Waals surface area (Å²) in [6.45, 7) is 8.12. The van der Waals surface area contributed by atoms with Crippen molar-refractivity contribution in [2.75, 3.05) is 26.8 Å². The molecule has 19 heavy (non-hydrogen) atoms. The second kappa shape index (κ2) is 7.58. The average molecular weight is 268 g/mol. The average Bonchev–Trinajstić information content (AvgIpc) is 2.37. The fourth-order valence-electron chi connectivity index (χ4n) is 2.38. The van der Waals surface area contributed by atoms with E-state index in [0.29, 0.717) is 19.2 Å². The molecule has 1 atom stereocenters. The van der Waals surface area contributed by atoms with Crippen LogP contribution in [0.2, 0.25) is 0 Å². The molecule has 0 saturated carbocycles. The van der Waals surface area contributed by atoms with E-state index in [-0.39, 0.29) is 11.9 Å². The van der Waals surface area contributed by atoms with Gasteiger partial charge >= 0.3 is 0 Å². The van der Waals surface area contributed by atoms with Gasteiger partial charge in [0.15, 0.2) is 0 Å². The van der Waals surface area contributed by atoms with Crippen LogP contribution in [0.5, 0.6) is 0 Å². The molecule has 1 aromatic rings. The maximum atomic E-state index is 13.5. The molecule has 1 rings (SSSR count). The van der Waals surface area contributed by atoms with Crippen LogP contribution in [0.15, 0.2) is 18.2 Å². The lowest BCUT2D eigenvalue weighted by molar-refractivity contribution is 0.0976. The van der Waals surface area contributed by atoms with E-state index in [9.17, 15) is 4.39 Å². The minimum Gasteiger partial charge on any atom is -0.383 e. The van der Waals surface area contributed by atoms with Gasteiger partial charge in [0, 0.05) is 32.3 Å². The Morgan fingerprint density at radius 2 is 2.05 bits per heavy atom. The molecular formula is C15H25FN2O. The summed E-state index contributed by atoms with van der Waals surface area (Å²) in [5, 5.41) is 0. The van der Waals surface area contributed by atoms with Crippen LogP contribution >= 0.6 is 0 Å². The van der Waals surface area contributed by atoms with Gasteiger partial charge in [0.05, 0.1) is 6.61 Å². The maximum Gasteiger partial charge on any atom is 0.123 e. The number of halogens is 1. The summed E-state index contributed by atoms with van der Waals surface area (Å²) in [4.78, 5) is 2.26. The Hall–Kier alpha value is -0.970. The number of rotatable bonds is 7. The minimum atomic E-state index is -0.213. The van der Waals surface area contributed by atoms with Crippen molar-refractivity contribution in [1.82, 2.24) is 4.90 Å². The topological polar surface area (TPSA) is 38.5 Å². The fourth-order valence-corrected chi connectivity index (χ4v) is 2.38. The molecule has 1 aromatic carbocycles. The van der Waals surface area contributed by atoms with Gasteiger partial charge in [-0.1, -0.05) is 6.07 Å². The molecule has 0 aromatic heterocycles. The molecule has 0 heterocycles. The number of methoxy groups -OCH3 is 1. The third-order valence-corrected chi connectivity index (χ3v) is 3.44. The molecular weight excluding hydrogens is 243 g/mol. The normalized spacial score (nSPS) is 13.3. The summed E-state index contributed by atoms with van der Waals surface area (Å²) in [5.74, 6) is -0.213. The first-order chi connectivity index (χ1) is 9.01. The van der Waals surface area contributed by atoms with E-state index in [1.807, 2.05) is 13.0 Å². The van der Waals surface area contributed by atoms with E-state index < -0.39 is 0 Å². The van der Waals surface area contributed by atoms with Crippen molar-refractivity contribution in [3.05, 3.63) is 35.1 Å². The molecule has 0 aliphatic rings. The molecule has 3 nitrogen and oxygen atoms in total. The summed E-state index contributed by atoms with van der Waals surface area (Å²) >= 11 is 0. The Bertz CT molecular complexity index is 396. The molecule has 0 saturated heterocycles. The highest BCUT2D eigenvalue weighted by atomic mass is 19.1. The first-order valence-corrected chi connectivity index (χ1v) is 6.72. The Morgan fingerprint density at radius 3 is 2.58 bits per heavy atom. The van der Waals surface area contributed by atoms with Gasteiger partial charge in [-0.25, -0.2) is 4.39 Å². The van der Waals surface area contributed by atoms with Crippen molar-refractivity contribution in [3.8, 4) is 0 Å². The molecule has 0 spiro atoms. The van der Waals surface area contributed by atoms with Gasteiger partial charge in [-0.3, -0.25) is 4.90 Å². The van der Waals surface area contributed by atoms with Gasteiger partial charge in [-0.05, 0) is 44.0 Å². The smallest absolute Gasteiger partial charge is 0.123 e. The lowest BCUT2D eigenvalue weighted by Crippen LogP contribution is -2.41. The molecule has 1 unspecified atom stereocenters. The molecule has 0 amide bonds. The molecule has 0 radical (unpaired) electrons. The van der Waals surface area contributed by atoms with Crippen LogP contribution in [0.1, 0.15) is 31.0 Å². The largest absolute Gasteiger partial charge is 0.383 e. The zero-order chi connectivity index (χ0) is 14.4. The summed E-state index contributed by atoms with van der Waals surface area (Å²) < 4.78 is 18.6. The molecule has 2 N–H and O–H groups in total. The standard InChI is InChI=1S/C15H25FN2O/c1-11(2)18(7-8-19-4)15(10-17)14-9-13(16)6-5-12(14)3/h5-6,9,11,15H,7-8,10,17H2,1-4H3. The van der Waals surface area contributed by atoms with E-state index in [1.165, 1.54) is 6.07 Å². The molecule has 0 bridgehead atoms. The molecule has 0 aliphatic heterocycles. The van der Waals surface area contributed by atoms with Crippen LogP contribution in [-0.2, 0) is 4.74 Å². The number of nitrogens with zero attached hydrogens (tertiary/aromatic N) is 1. The maximum absolute atomic E-state index is 13.5. The first-order valence-electron chi connectivity index (χ1n) is 6.72. The van der Waals surface area contributed by atoms with E-state index in [4.69, 9.17) is 10.5 Å². The van der Waals surface area contributed by atoms with Crippen LogP contribution in [0, 0.1) is 12.7 Å². The van der Waals surface area contributed by atoms with Crippen LogP contribution in [0.3, 0.4) is 0 Å². The van der Waals surface area contributed by atoms with Gasteiger partial charge in [0.2, 0.25) is 0 Å².